The zero-order chi connectivity index (χ0) is 13.1. The van der Waals surface area contributed by atoms with Crippen molar-refractivity contribution in [3.63, 3.8) is 0 Å². The standard InChI is InChI=1S/C14H24N2O/c1-11(13(2,3)4)9-16-12(17)14(10-15)7-5-6-8-14/h11H,5-9H2,1-4H3,(H,16,17). The molecule has 3 heteroatoms. The molecule has 0 aromatic carbocycles. The number of nitrogens with one attached hydrogen (secondary N) is 1. The van der Waals surface area contributed by atoms with E-state index < -0.39 is 5.41 Å². The van der Waals surface area contributed by atoms with Crippen LogP contribution in [0.3, 0.4) is 0 Å². The number of amides is 1. The van der Waals surface area contributed by atoms with Crippen LogP contribution in [0.15, 0.2) is 0 Å². The van der Waals surface area contributed by atoms with Gasteiger partial charge in [-0.1, -0.05) is 40.5 Å². The van der Waals surface area contributed by atoms with Crippen LogP contribution in [0, 0.1) is 28.1 Å². The molecule has 1 unspecified atom stereocenters. The van der Waals surface area contributed by atoms with Crippen LogP contribution < -0.4 is 5.32 Å². The second-order valence-electron chi connectivity index (χ2n) is 6.38. The molecular formula is C14H24N2O. The van der Waals surface area contributed by atoms with E-state index in [1.54, 1.807) is 0 Å². The van der Waals surface area contributed by atoms with Gasteiger partial charge in [0, 0.05) is 6.54 Å². The number of carbonyl (C=O) groups excluding carboxylic acids is 1. The first-order valence-corrected chi connectivity index (χ1v) is 6.51. The van der Waals surface area contributed by atoms with Gasteiger partial charge in [0.25, 0.3) is 0 Å². The molecule has 1 amide bonds. The fraction of sp³-hybridized carbons (Fsp3) is 0.857. The van der Waals surface area contributed by atoms with Crippen molar-refractivity contribution in [2.24, 2.45) is 16.7 Å². The summed E-state index contributed by atoms with van der Waals surface area (Å²) in [6.07, 6.45) is 3.43. The van der Waals surface area contributed by atoms with Gasteiger partial charge in [-0.3, -0.25) is 4.79 Å². The summed E-state index contributed by atoms with van der Waals surface area (Å²) in [5, 5.41) is 12.2. The Morgan fingerprint density at radius 3 is 2.35 bits per heavy atom. The highest BCUT2D eigenvalue weighted by Gasteiger charge is 2.41. The molecule has 0 aliphatic heterocycles. The first kappa shape index (κ1) is 14.0. The second kappa shape index (κ2) is 5.08. The lowest BCUT2D eigenvalue weighted by Crippen LogP contribution is -2.42. The molecule has 0 spiro atoms. The molecule has 0 saturated heterocycles. The first-order valence-electron chi connectivity index (χ1n) is 6.51. The van der Waals surface area contributed by atoms with Crippen LogP contribution in [0.2, 0.25) is 0 Å². The molecule has 1 aliphatic rings. The maximum absolute atomic E-state index is 12.1. The Morgan fingerprint density at radius 1 is 1.41 bits per heavy atom. The van der Waals surface area contributed by atoms with Crippen molar-refractivity contribution in [3.8, 4) is 6.07 Å². The number of nitriles is 1. The summed E-state index contributed by atoms with van der Waals surface area (Å²) in [4.78, 5) is 12.1. The van der Waals surface area contributed by atoms with Crippen LogP contribution in [0.25, 0.3) is 0 Å². The predicted octanol–water partition coefficient (Wildman–Crippen LogP) is 2.87. The molecule has 3 nitrogen and oxygen atoms in total. The zero-order valence-electron chi connectivity index (χ0n) is 11.5. The molecule has 0 aromatic rings. The van der Waals surface area contributed by atoms with Gasteiger partial charge in [0.2, 0.25) is 5.91 Å². The molecule has 0 heterocycles. The van der Waals surface area contributed by atoms with E-state index in [-0.39, 0.29) is 11.3 Å². The van der Waals surface area contributed by atoms with E-state index in [0.29, 0.717) is 12.5 Å². The van der Waals surface area contributed by atoms with Crippen LogP contribution >= 0.6 is 0 Å². The molecule has 1 aliphatic carbocycles. The van der Waals surface area contributed by atoms with Crippen LogP contribution in [-0.4, -0.2) is 12.5 Å². The van der Waals surface area contributed by atoms with Crippen LogP contribution in [0.4, 0.5) is 0 Å². The van der Waals surface area contributed by atoms with Crippen molar-refractivity contribution in [1.29, 1.82) is 5.26 Å². The topological polar surface area (TPSA) is 52.9 Å². The molecule has 1 N–H and O–H groups in total. The molecule has 1 rings (SSSR count). The Labute approximate surface area is 105 Å². The van der Waals surface area contributed by atoms with Crippen molar-refractivity contribution >= 4 is 5.91 Å². The van der Waals surface area contributed by atoms with E-state index in [1.165, 1.54) is 0 Å². The number of hydrogen-bond acceptors (Lipinski definition) is 2. The average molecular weight is 236 g/mol. The quantitative estimate of drug-likeness (QED) is 0.819. The molecule has 0 radical (unpaired) electrons. The number of carbonyl (C=O) groups is 1. The third-order valence-electron chi connectivity index (χ3n) is 4.15. The number of rotatable bonds is 3. The molecule has 1 atom stereocenters. The van der Waals surface area contributed by atoms with Crippen molar-refractivity contribution in [2.45, 2.75) is 53.4 Å². The van der Waals surface area contributed by atoms with E-state index in [1.807, 2.05) is 0 Å². The van der Waals surface area contributed by atoms with Gasteiger partial charge in [-0.05, 0) is 24.2 Å². The molecule has 1 saturated carbocycles. The molecule has 1 fully saturated rings. The highest BCUT2D eigenvalue weighted by atomic mass is 16.2. The van der Waals surface area contributed by atoms with Gasteiger partial charge >= 0.3 is 0 Å². The van der Waals surface area contributed by atoms with Crippen molar-refractivity contribution < 1.29 is 4.79 Å². The average Bonchev–Trinajstić information content (AvgIpc) is 2.73. The minimum Gasteiger partial charge on any atom is -0.354 e. The largest absolute Gasteiger partial charge is 0.354 e. The Balaban J connectivity index is 2.53. The summed E-state index contributed by atoms with van der Waals surface area (Å²) in [6, 6.07) is 2.23. The van der Waals surface area contributed by atoms with E-state index >= 15 is 0 Å². The fourth-order valence-corrected chi connectivity index (χ4v) is 2.09. The fourth-order valence-electron chi connectivity index (χ4n) is 2.09. The van der Waals surface area contributed by atoms with Crippen molar-refractivity contribution in [2.75, 3.05) is 6.54 Å². The Bertz CT molecular complexity index is 316. The van der Waals surface area contributed by atoms with Crippen LogP contribution in [0.1, 0.15) is 53.4 Å². The summed E-state index contributed by atoms with van der Waals surface area (Å²) < 4.78 is 0. The molecule has 17 heavy (non-hydrogen) atoms. The summed E-state index contributed by atoms with van der Waals surface area (Å²) in [6.45, 7) is 9.29. The van der Waals surface area contributed by atoms with E-state index in [0.717, 1.165) is 25.7 Å². The van der Waals surface area contributed by atoms with Gasteiger partial charge < -0.3 is 5.32 Å². The third-order valence-corrected chi connectivity index (χ3v) is 4.15. The summed E-state index contributed by atoms with van der Waals surface area (Å²) >= 11 is 0. The number of hydrogen-bond donors (Lipinski definition) is 1. The summed E-state index contributed by atoms with van der Waals surface area (Å²) in [5.74, 6) is 0.345. The lowest BCUT2D eigenvalue weighted by atomic mass is 9.81. The van der Waals surface area contributed by atoms with Gasteiger partial charge in [0.1, 0.15) is 5.41 Å². The Morgan fingerprint density at radius 2 is 1.94 bits per heavy atom. The maximum atomic E-state index is 12.1. The molecule has 0 aromatic heterocycles. The minimum atomic E-state index is -0.738. The van der Waals surface area contributed by atoms with E-state index in [9.17, 15) is 10.1 Å². The van der Waals surface area contributed by atoms with Crippen molar-refractivity contribution in [3.05, 3.63) is 0 Å². The lowest BCUT2D eigenvalue weighted by molar-refractivity contribution is -0.128. The lowest BCUT2D eigenvalue weighted by Gasteiger charge is -2.29. The van der Waals surface area contributed by atoms with Gasteiger partial charge in [0.05, 0.1) is 6.07 Å². The maximum Gasteiger partial charge on any atom is 0.240 e. The minimum absolute atomic E-state index is 0.0615. The monoisotopic (exact) mass is 236 g/mol. The van der Waals surface area contributed by atoms with Gasteiger partial charge in [-0.2, -0.15) is 5.26 Å². The van der Waals surface area contributed by atoms with Crippen molar-refractivity contribution in [1.82, 2.24) is 5.32 Å². The van der Waals surface area contributed by atoms with E-state index in [4.69, 9.17) is 0 Å². The van der Waals surface area contributed by atoms with Crippen LogP contribution in [0.5, 0.6) is 0 Å². The van der Waals surface area contributed by atoms with Gasteiger partial charge in [0.15, 0.2) is 0 Å². The molecule has 96 valence electrons. The first-order chi connectivity index (χ1) is 7.82. The summed E-state index contributed by atoms with van der Waals surface area (Å²) in [5.41, 5.74) is -0.555. The zero-order valence-corrected chi connectivity index (χ0v) is 11.5. The van der Waals surface area contributed by atoms with Gasteiger partial charge in [-0.25, -0.2) is 0 Å². The normalized spacial score (nSPS) is 20.6. The number of nitrogens with zero attached hydrogens (tertiary/aromatic N) is 1. The van der Waals surface area contributed by atoms with E-state index in [2.05, 4.69) is 39.1 Å². The molecular weight excluding hydrogens is 212 g/mol. The SMILES string of the molecule is CC(CNC(=O)C1(C#N)CCCC1)C(C)(C)C. The smallest absolute Gasteiger partial charge is 0.240 e. The highest BCUT2D eigenvalue weighted by molar-refractivity contribution is 5.85. The Kier molecular flexibility index (Phi) is 4.19. The second-order valence-corrected chi connectivity index (χ2v) is 6.38. The Hall–Kier alpha value is -1.04. The summed E-state index contributed by atoms with van der Waals surface area (Å²) in [7, 11) is 0. The third kappa shape index (κ3) is 3.21. The van der Waals surface area contributed by atoms with Crippen LogP contribution in [-0.2, 0) is 4.79 Å². The van der Waals surface area contributed by atoms with Gasteiger partial charge in [-0.15, -0.1) is 0 Å². The highest BCUT2D eigenvalue weighted by Crippen LogP contribution is 2.37. The molecule has 0 bridgehead atoms. The predicted molar refractivity (Wildman–Crippen MR) is 68.1 cm³/mol.